The van der Waals surface area contributed by atoms with Crippen LogP contribution in [0.4, 0.5) is 0 Å². The minimum atomic E-state index is -0.153. The number of hydrogen-bond donors (Lipinski definition) is 0. The van der Waals surface area contributed by atoms with Crippen LogP contribution in [-0.4, -0.2) is 5.54 Å². The lowest BCUT2D eigenvalue weighted by Gasteiger charge is -2.01. The van der Waals surface area contributed by atoms with Crippen LogP contribution in [0, 0.1) is 5.92 Å². The normalized spacial score (nSPS) is 33.3. The van der Waals surface area contributed by atoms with Gasteiger partial charge in [-0.25, -0.2) is 0 Å². The summed E-state index contributed by atoms with van der Waals surface area (Å²) in [6.07, 6.45) is 7.31. The van der Waals surface area contributed by atoms with Gasteiger partial charge in [-0.1, -0.05) is 37.5 Å². The van der Waals surface area contributed by atoms with Crippen LogP contribution in [0.25, 0.3) is 10.4 Å². The molecule has 0 heterocycles. The Bertz CT molecular complexity index is 228. The van der Waals surface area contributed by atoms with Gasteiger partial charge in [0.25, 0.3) is 0 Å². The highest BCUT2D eigenvalue weighted by atomic mass is 15.2. The molecule has 0 aliphatic heterocycles. The van der Waals surface area contributed by atoms with E-state index in [-0.39, 0.29) is 5.54 Å². The molecule has 0 aromatic heterocycles. The largest absolute Gasteiger partial charge is 0.0881 e. The molecular formula is C9H15N3. The summed E-state index contributed by atoms with van der Waals surface area (Å²) >= 11 is 0. The maximum absolute atomic E-state index is 8.38. The highest BCUT2D eigenvalue weighted by molar-refractivity contribution is 5.22. The van der Waals surface area contributed by atoms with Gasteiger partial charge in [0.1, 0.15) is 0 Å². The van der Waals surface area contributed by atoms with Crippen molar-refractivity contribution >= 4 is 0 Å². The lowest BCUT2D eigenvalue weighted by molar-refractivity contribution is 0.677. The van der Waals surface area contributed by atoms with E-state index in [0.29, 0.717) is 5.92 Å². The molecule has 1 rings (SSSR count). The Morgan fingerprint density at radius 1 is 1.67 bits per heavy atom. The average molecular weight is 165 g/mol. The lowest BCUT2D eigenvalue weighted by atomic mass is 10.1. The molecule has 0 N–H and O–H groups in total. The molecule has 0 aromatic carbocycles. The molecule has 1 saturated carbocycles. The van der Waals surface area contributed by atoms with Crippen molar-refractivity contribution in [3.05, 3.63) is 22.6 Å². The minimum absolute atomic E-state index is 0.153. The van der Waals surface area contributed by atoms with Crippen LogP contribution in [0.3, 0.4) is 0 Å². The van der Waals surface area contributed by atoms with Crippen molar-refractivity contribution < 1.29 is 0 Å². The van der Waals surface area contributed by atoms with Gasteiger partial charge in [0.2, 0.25) is 0 Å². The summed E-state index contributed by atoms with van der Waals surface area (Å²) in [6.45, 7) is 4.22. The first-order valence-corrected chi connectivity index (χ1v) is 4.53. The summed E-state index contributed by atoms with van der Waals surface area (Å²) in [5.74, 6) is 0.580. The first-order valence-electron chi connectivity index (χ1n) is 4.53. The molecule has 1 aliphatic rings. The highest BCUT2D eigenvalue weighted by Crippen LogP contribution is 2.50. The van der Waals surface area contributed by atoms with Crippen LogP contribution in [-0.2, 0) is 0 Å². The summed E-state index contributed by atoms with van der Waals surface area (Å²) in [4.78, 5) is 2.89. The zero-order valence-electron chi connectivity index (χ0n) is 7.70. The van der Waals surface area contributed by atoms with Crippen molar-refractivity contribution in [2.24, 2.45) is 11.0 Å². The van der Waals surface area contributed by atoms with Gasteiger partial charge < -0.3 is 0 Å². The quantitative estimate of drug-likeness (QED) is 0.265. The summed E-state index contributed by atoms with van der Waals surface area (Å²) in [5.41, 5.74) is 8.23. The molecule has 12 heavy (non-hydrogen) atoms. The van der Waals surface area contributed by atoms with E-state index in [1.165, 1.54) is 0 Å². The fraction of sp³-hybridized carbons (Fsp3) is 0.778. The smallest absolute Gasteiger partial charge is 0.0699 e. The van der Waals surface area contributed by atoms with Crippen molar-refractivity contribution in [2.45, 2.75) is 38.6 Å². The van der Waals surface area contributed by atoms with Crippen LogP contribution in [0.15, 0.2) is 17.3 Å². The van der Waals surface area contributed by atoms with Crippen LogP contribution < -0.4 is 0 Å². The maximum Gasteiger partial charge on any atom is 0.0699 e. The van der Waals surface area contributed by atoms with Crippen LogP contribution in [0.5, 0.6) is 0 Å². The number of allylic oxidation sites excluding steroid dienone is 1. The Morgan fingerprint density at radius 3 is 2.83 bits per heavy atom. The molecule has 0 amide bonds. The summed E-state index contributed by atoms with van der Waals surface area (Å²) in [7, 11) is 0. The Hall–Kier alpha value is -0.950. The molecular weight excluding hydrogens is 150 g/mol. The van der Waals surface area contributed by atoms with E-state index in [9.17, 15) is 0 Å². The molecule has 0 spiro atoms. The second kappa shape index (κ2) is 3.63. The van der Waals surface area contributed by atoms with Crippen molar-refractivity contribution in [1.29, 1.82) is 0 Å². The van der Waals surface area contributed by atoms with E-state index in [1.807, 2.05) is 0 Å². The van der Waals surface area contributed by atoms with Gasteiger partial charge >= 0.3 is 0 Å². The molecule has 0 radical (unpaired) electrons. The van der Waals surface area contributed by atoms with E-state index >= 15 is 0 Å². The first kappa shape index (κ1) is 9.14. The zero-order valence-corrected chi connectivity index (χ0v) is 7.70. The number of azide groups is 1. The van der Waals surface area contributed by atoms with E-state index in [2.05, 4.69) is 36.0 Å². The molecule has 66 valence electrons. The van der Waals surface area contributed by atoms with Gasteiger partial charge in [0.05, 0.1) is 5.54 Å². The fourth-order valence-corrected chi connectivity index (χ4v) is 1.60. The van der Waals surface area contributed by atoms with E-state index in [1.54, 1.807) is 0 Å². The van der Waals surface area contributed by atoms with Crippen LogP contribution in [0.1, 0.15) is 33.1 Å². The van der Waals surface area contributed by atoms with E-state index in [0.717, 1.165) is 19.3 Å². The Labute approximate surface area is 73.1 Å². The average Bonchev–Trinajstić information content (AvgIpc) is 2.77. The maximum atomic E-state index is 8.38. The standard InChI is InChI=1S/C9H15N3/c1-3-5-6-9(11-12-10)7-8(9)4-2/h5-6,8H,3-4,7H2,1-2H3/b6-5+/t8-,9-/m1/s1. The van der Waals surface area contributed by atoms with Crippen molar-refractivity contribution in [3.8, 4) is 0 Å². The molecule has 0 unspecified atom stereocenters. The van der Waals surface area contributed by atoms with Gasteiger partial charge in [0.15, 0.2) is 0 Å². The Kier molecular flexibility index (Phi) is 2.77. The molecule has 1 aliphatic carbocycles. The third kappa shape index (κ3) is 1.62. The zero-order chi connectivity index (χ0) is 9.03. The molecule has 1 fully saturated rings. The summed E-state index contributed by atoms with van der Waals surface area (Å²) in [5, 5.41) is 3.85. The third-order valence-corrected chi connectivity index (χ3v) is 2.49. The molecule has 0 saturated heterocycles. The topological polar surface area (TPSA) is 48.8 Å². The Balaban J connectivity index is 2.64. The number of nitrogens with zero attached hydrogens (tertiary/aromatic N) is 3. The third-order valence-electron chi connectivity index (χ3n) is 2.49. The predicted octanol–water partition coefficient (Wildman–Crippen LogP) is 3.43. The second-order valence-electron chi connectivity index (χ2n) is 3.30. The SMILES string of the molecule is CC/C=C/[C@@]1(N=[N+]=[N-])C[C@H]1CC. The van der Waals surface area contributed by atoms with Crippen LogP contribution >= 0.6 is 0 Å². The Morgan fingerprint density at radius 2 is 2.42 bits per heavy atom. The number of hydrogen-bond acceptors (Lipinski definition) is 1. The summed E-state index contributed by atoms with van der Waals surface area (Å²) in [6, 6.07) is 0. The molecule has 3 heteroatoms. The monoisotopic (exact) mass is 165 g/mol. The summed E-state index contributed by atoms with van der Waals surface area (Å²) < 4.78 is 0. The molecule has 3 nitrogen and oxygen atoms in total. The van der Waals surface area contributed by atoms with Crippen LogP contribution in [0.2, 0.25) is 0 Å². The molecule has 2 atom stereocenters. The lowest BCUT2D eigenvalue weighted by Crippen LogP contribution is -2.02. The molecule has 0 bridgehead atoms. The number of rotatable bonds is 4. The fourth-order valence-electron chi connectivity index (χ4n) is 1.60. The minimum Gasteiger partial charge on any atom is -0.0881 e. The van der Waals surface area contributed by atoms with Gasteiger partial charge in [-0.05, 0) is 24.3 Å². The van der Waals surface area contributed by atoms with Gasteiger partial charge in [-0.2, -0.15) is 0 Å². The highest BCUT2D eigenvalue weighted by Gasteiger charge is 2.50. The second-order valence-corrected chi connectivity index (χ2v) is 3.30. The van der Waals surface area contributed by atoms with Crippen molar-refractivity contribution in [2.75, 3.05) is 0 Å². The van der Waals surface area contributed by atoms with Gasteiger partial charge in [-0.3, -0.25) is 0 Å². The van der Waals surface area contributed by atoms with E-state index < -0.39 is 0 Å². The van der Waals surface area contributed by atoms with Crippen molar-refractivity contribution in [1.82, 2.24) is 0 Å². The van der Waals surface area contributed by atoms with Gasteiger partial charge in [-0.15, -0.1) is 0 Å². The van der Waals surface area contributed by atoms with E-state index in [4.69, 9.17) is 5.53 Å². The van der Waals surface area contributed by atoms with Crippen molar-refractivity contribution in [3.63, 3.8) is 0 Å². The van der Waals surface area contributed by atoms with Gasteiger partial charge in [0, 0.05) is 4.91 Å². The molecule has 0 aromatic rings. The first-order chi connectivity index (χ1) is 5.79. The predicted molar refractivity (Wildman–Crippen MR) is 49.7 cm³/mol.